The van der Waals surface area contributed by atoms with Crippen LogP contribution in [0.3, 0.4) is 0 Å². The Hall–Kier alpha value is -1.70. The lowest BCUT2D eigenvalue weighted by Gasteiger charge is -2.34. The molecule has 2 aliphatic rings. The molecule has 2 aliphatic heterocycles. The monoisotopic (exact) mass is 425 g/mol. The Balaban J connectivity index is 1.50. The van der Waals surface area contributed by atoms with Crippen molar-refractivity contribution in [3.63, 3.8) is 0 Å². The Kier molecular flexibility index (Phi) is 5.70. The van der Waals surface area contributed by atoms with E-state index in [1.807, 2.05) is 18.0 Å². The van der Waals surface area contributed by atoms with Gasteiger partial charge in [-0.25, -0.2) is 15.0 Å². The van der Waals surface area contributed by atoms with Crippen LogP contribution in [0.2, 0.25) is 0 Å². The zero-order valence-corrected chi connectivity index (χ0v) is 18.5. The Labute approximate surface area is 180 Å². The van der Waals surface area contributed by atoms with Crippen LogP contribution in [0, 0.1) is 6.92 Å². The average molecular weight is 426 g/mol. The number of nitrogens with zero attached hydrogens (tertiary/aromatic N) is 5. The molecule has 152 valence electrons. The number of fused-ring (bicyclic) bond motifs is 1. The molecule has 2 saturated heterocycles. The predicted octanol–water partition coefficient (Wildman–Crippen LogP) is 4.68. The second-order valence-corrected chi connectivity index (χ2v) is 10.1. The van der Waals surface area contributed by atoms with Crippen LogP contribution in [-0.2, 0) is 6.54 Å². The lowest BCUT2D eigenvalue weighted by molar-refractivity contribution is 0.137. The van der Waals surface area contributed by atoms with Crippen molar-refractivity contribution >= 4 is 39.8 Å². The van der Waals surface area contributed by atoms with E-state index in [4.69, 9.17) is 9.97 Å². The van der Waals surface area contributed by atoms with E-state index < -0.39 is 0 Å². The quantitative estimate of drug-likeness (QED) is 0.605. The highest BCUT2D eigenvalue weighted by molar-refractivity contribution is 7.99. The van der Waals surface area contributed by atoms with Crippen LogP contribution in [0.4, 0.5) is 5.82 Å². The van der Waals surface area contributed by atoms with Gasteiger partial charge in [-0.1, -0.05) is 18.1 Å². The minimum atomic E-state index is 0.399. The maximum Gasteiger partial charge on any atom is 0.145 e. The smallest absolute Gasteiger partial charge is 0.145 e. The highest BCUT2D eigenvalue weighted by atomic mass is 32.2. The van der Waals surface area contributed by atoms with Gasteiger partial charge in [-0.05, 0) is 38.4 Å². The third-order valence-electron chi connectivity index (χ3n) is 5.88. The fraction of sp³-hybridized carbons (Fsp3) is 0.500. The normalized spacial score (nSPS) is 21.0. The SMILES string of the molecule is Cc1ccc2nc(CN3CCCCC3c3nccs3)nc(N3CCSCC3)c2c1. The highest BCUT2D eigenvalue weighted by Crippen LogP contribution is 2.34. The van der Waals surface area contributed by atoms with Crippen molar-refractivity contribution < 1.29 is 0 Å². The minimum absolute atomic E-state index is 0.399. The zero-order valence-electron chi connectivity index (χ0n) is 16.9. The molecular formula is C22H27N5S2. The molecule has 2 fully saturated rings. The second kappa shape index (κ2) is 8.58. The predicted molar refractivity (Wildman–Crippen MR) is 123 cm³/mol. The molecule has 29 heavy (non-hydrogen) atoms. The topological polar surface area (TPSA) is 45.2 Å². The summed E-state index contributed by atoms with van der Waals surface area (Å²) in [7, 11) is 0. The van der Waals surface area contributed by atoms with Crippen LogP contribution in [0.5, 0.6) is 0 Å². The van der Waals surface area contributed by atoms with E-state index in [0.29, 0.717) is 6.04 Å². The fourth-order valence-corrected chi connectivity index (χ4v) is 6.11. The summed E-state index contributed by atoms with van der Waals surface area (Å²) in [6, 6.07) is 6.96. The molecule has 7 heteroatoms. The molecule has 0 aliphatic carbocycles. The number of piperidine rings is 1. The first-order valence-electron chi connectivity index (χ1n) is 10.5. The molecule has 0 saturated carbocycles. The maximum atomic E-state index is 5.12. The molecular weight excluding hydrogens is 398 g/mol. The summed E-state index contributed by atoms with van der Waals surface area (Å²) in [5.41, 5.74) is 2.33. The van der Waals surface area contributed by atoms with Gasteiger partial charge >= 0.3 is 0 Å². The van der Waals surface area contributed by atoms with Crippen molar-refractivity contribution in [1.82, 2.24) is 19.9 Å². The summed E-state index contributed by atoms with van der Waals surface area (Å²) in [4.78, 5) is 19.7. The van der Waals surface area contributed by atoms with Gasteiger partial charge in [0.15, 0.2) is 0 Å². The summed E-state index contributed by atoms with van der Waals surface area (Å²) in [6.07, 6.45) is 5.62. The fourth-order valence-electron chi connectivity index (χ4n) is 4.40. The van der Waals surface area contributed by atoms with Crippen LogP contribution in [0.1, 0.15) is 41.7 Å². The molecule has 5 rings (SSSR count). The van der Waals surface area contributed by atoms with Gasteiger partial charge in [0.1, 0.15) is 16.6 Å². The number of hydrogen-bond donors (Lipinski definition) is 0. The van der Waals surface area contributed by atoms with E-state index >= 15 is 0 Å². The summed E-state index contributed by atoms with van der Waals surface area (Å²) >= 11 is 3.80. The molecule has 2 aromatic heterocycles. The first-order valence-corrected chi connectivity index (χ1v) is 12.5. The van der Waals surface area contributed by atoms with Crippen molar-refractivity contribution in [1.29, 1.82) is 0 Å². The van der Waals surface area contributed by atoms with Crippen molar-refractivity contribution in [3.05, 3.63) is 46.2 Å². The van der Waals surface area contributed by atoms with Crippen molar-refractivity contribution in [2.24, 2.45) is 0 Å². The minimum Gasteiger partial charge on any atom is -0.354 e. The largest absolute Gasteiger partial charge is 0.354 e. The van der Waals surface area contributed by atoms with Gasteiger partial charge in [0.25, 0.3) is 0 Å². The second-order valence-electron chi connectivity index (χ2n) is 7.94. The number of aryl methyl sites for hydroxylation is 1. The van der Waals surface area contributed by atoms with Gasteiger partial charge in [-0.2, -0.15) is 11.8 Å². The standard InChI is InChI=1S/C22H27N5S2/c1-16-5-6-18-17(14-16)21(26-9-12-28-13-10-26)25-20(24-18)15-27-8-3-2-4-19(27)22-23-7-11-29-22/h5-7,11,14,19H,2-4,8-10,12-13,15H2,1H3. The number of benzene rings is 1. The van der Waals surface area contributed by atoms with E-state index in [1.165, 1.54) is 46.7 Å². The number of thiazole rings is 1. The Bertz CT molecular complexity index is 969. The Morgan fingerprint density at radius 3 is 2.83 bits per heavy atom. The van der Waals surface area contributed by atoms with Gasteiger partial charge in [0, 0.05) is 41.6 Å². The highest BCUT2D eigenvalue weighted by Gasteiger charge is 2.27. The van der Waals surface area contributed by atoms with E-state index in [0.717, 1.165) is 43.3 Å². The van der Waals surface area contributed by atoms with E-state index in [2.05, 4.69) is 45.3 Å². The van der Waals surface area contributed by atoms with Crippen LogP contribution in [0.15, 0.2) is 29.8 Å². The van der Waals surface area contributed by atoms with E-state index in [9.17, 15) is 0 Å². The number of anilines is 1. The molecule has 5 nitrogen and oxygen atoms in total. The summed E-state index contributed by atoms with van der Waals surface area (Å²) in [5.74, 6) is 4.41. The van der Waals surface area contributed by atoms with Crippen molar-refractivity contribution in [2.45, 2.75) is 38.8 Å². The zero-order chi connectivity index (χ0) is 19.6. The molecule has 0 amide bonds. The van der Waals surface area contributed by atoms with Crippen LogP contribution in [-0.4, -0.2) is 51.0 Å². The van der Waals surface area contributed by atoms with Crippen LogP contribution < -0.4 is 4.90 Å². The third-order valence-corrected chi connectivity index (χ3v) is 7.70. The van der Waals surface area contributed by atoms with E-state index in [-0.39, 0.29) is 0 Å². The molecule has 0 bridgehead atoms. The van der Waals surface area contributed by atoms with E-state index in [1.54, 1.807) is 11.3 Å². The molecule has 0 N–H and O–H groups in total. The number of likely N-dealkylation sites (tertiary alicyclic amines) is 1. The molecule has 1 unspecified atom stereocenters. The van der Waals surface area contributed by atoms with Crippen molar-refractivity contribution in [3.8, 4) is 0 Å². The average Bonchev–Trinajstić information content (AvgIpc) is 3.29. The van der Waals surface area contributed by atoms with Crippen LogP contribution in [0.25, 0.3) is 10.9 Å². The van der Waals surface area contributed by atoms with Crippen molar-refractivity contribution in [2.75, 3.05) is 36.0 Å². The van der Waals surface area contributed by atoms with Crippen LogP contribution >= 0.6 is 23.1 Å². The number of rotatable bonds is 4. The van der Waals surface area contributed by atoms with Gasteiger partial charge in [-0.3, -0.25) is 4.90 Å². The van der Waals surface area contributed by atoms with Gasteiger partial charge in [0.2, 0.25) is 0 Å². The third kappa shape index (κ3) is 4.13. The Morgan fingerprint density at radius 2 is 2.00 bits per heavy atom. The Morgan fingerprint density at radius 1 is 1.10 bits per heavy atom. The molecule has 3 aromatic rings. The number of aromatic nitrogens is 3. The molecule has 4 heterocycles. The first-order chi connectivity index (χ1) is 14.3. The summed E-state index contributed by atoms with van der Waals surface area (Å²) in [6.45, 7) is 6.17. The first kappa shape index (κ1) is 19.3. The van der Waals surface area contributed by atoms with Gasteiger partial charge in [-0.15, -0.1) is 11.3 Å². The summed E-state index contributed by atoms with van der Waals surface area (Å²) in [5, 5.41) is 4.51. The summed E-state index contributed by atoms with van der Waals surface area (Å²) < 4.78 is 0. The molecule has 0 radical (unpaired) electrons. The lowest BCUT2D eigenvalue weighted by Crippen LogP contribution is -2.35. The number of hydrogen-bond acceptors (Lipinski definition) is 7. The van der Waals surface area contributed by atoms with Gasteiger partial charge < -0.3 is 4.90 Å². The molecule has 1 aromatic carbocycles. The van der Waals surface area contributed by atoms with Gasteiger partial charge in [0.05, 0.1) is 18.1 Å². The molecule has 1 atom stereocenters. The molecule has 0 spiro atoms. The number of thioether (sulfide) groups is 1. The lowest BCUT2D eigenvalue weighted by atomic mass is 10.0. The maximum absolute atomic E-state index is 5.12.